The average molecular weight is 344 g/mol. The first-order valence-corrected chi connectivity index (χ1v) is 8.06. The maximum absolute atomic E-state index is 14.1. The first kappa shape index (κ1) is 18.1. The predicted molar refractivity (Wildman–Crippen MR) is 88.1 cm³/mol. The number of nitrogens with zero attached hydrogens (tertiary/aromatic N) is 2. The van der Waals surface area contributed by atoms with Crippen LogP contribution in [0.15, 0.2) is 18.2 Å². The van der Waals surface area contributed by atoms with Gasteiger partial charge in [0.25, 0.3) is 0 Å². The van der Waals surface area contributed by atoms with Crippen molar-refractivity contribution in [3.8, 4) is 0 Å². The second-order valence-corrected chi connectivity index (χ2v) is 6.15. The number of carbonyl (C=O) groups is 1. The molecular formula is C16H23ClFN3O2. The summed E-state index contributed by atoms with van der Waals surface area (Å²) in [6.07, 6.45) is 0. The standard InChI is InChI=1S/C16H23ClFN3O2/c1-20(2)15(14-12(17)4-3-5-13(14)18)16(22)19-6-7-21-8-10-23-11-9-21/h3-5,15H,6-11H2,1-2H3,(H,19,22)/t15-/m1/s1. The Labute approximate surface area is 141 Å². The van der Waals surface area contributed by atoms with Gasteiger partial charge in [0.1, 0.15) is 11.9 Å². The van der Waals surface area contributed by atoms with Crippen LogP contribution in [0.4, 0.5) is 4.39 Å². The Bertz CT molecular complexity index is 516. The average Bonchev–Trinajstić information content (AvgIpc) is 2.51. The lowest BCUT2D eigenvalue weighted by molar-refractivity contribution is -0.126. The molecule has 0 bridgehead atoms. The van der Waals surface area contributed by atoms with Gasteiger partial charge < -0.3 is 10.1 Å². The highest BCUT2D eigenvalue weighted by Gasteiger charge is 2.28. The molecule has 5 nitrogen and oxygen atoms in total. The summed E-state index contributed by atoms with van der Waals surface area (Å²) in [6.45, 7) is 4.44. The zero-order valence-electron chi connectivity index (χ0n) is 13.5. The Morgan fingerprint density at radius 1 is 1.43 bits per heavy atom. The van der Waals surface area contributed by atoms with E-state index in [1.807, 2.05) is 0 Å². The molecule has 1 aromatic rings. The normalized spacial score (nSPS) is 17.3. The van der Waals surface area contributed by atoms with Crippen molar-refractivity contribution in [2.75, 3.05) is 53.5 Å². The lowest BCUT2D eigenvalue weighted by Crippen LogP contribution is -2.44. The predicted octanol–water partition coefficient (Wildman–Crippen LogP) is 1.53. The summed E-state index contributed by atoms with van der Waals surface area (Å²) in [7, 11) is 3.46. The Morgan fingerprint density at radius 3 is 2.74 bits per heavy atom. The van der Waals surface area contributed by atoms with Crippen molar-refractivity contribution in [1.29, 1.82) is 0 Å². The molecule has 1 amide bonds. The van der Waals surface area contributed by atoms with Gasteiger partial charge in [0.15, 0.2) is 0 Å². The van der Waals surface area contributed by atoms with Crippen molar-refractivity contribution >= 4 is 17.5 Å². The Balaban J connectivity index is 1.98. The minimum atomic E-state index is -0.756. The fourth-order valence-electron chi connectivity index (χ4n) is 2.65. The van der Waals surface area contributed by atoms with Crippen LogP contribution in [0.3, 0.4) is 0 Å². The summed E-state index contributed by atoms with van der Waals surface area (Å²) in [5, 5.41) is 3.13. The molecule has 0 aliphatic carbocycles. The maximum atomic E-state index is 14.1. The van der Waals surface area contributed by atoms with Crippen LogP contribution in [0.1, 0.15) is 11.6 Å². The van der Waals surface area contributed by atoms with E-state index in [1.165, 1.54) is 12.1 Å². The highest BCUT2D eigenvalue weighted by atomic mass is 35.5. The Hall–Kier alpha value is -1.21. The third-order valence-electron chi connectivity index (χ3n) is 3.87. The van der Waals surface area contributed by atoms with Crippen molar-refractivity contribution in [3.05, 3.63) is 34.6 Å². The van der Waals surface area contributed by atoms with Crippen LogP contribution in [0, 0.1) is 5.82 Å². The van der Waals surface area contributed by atoms with E-state index >= 15 is 0 Å². The molecule has 1 heterocycles. The number of nitrogens with one attached hydrogen (secondary N) is 1. The number of ether oxygens (including phenoxy) is 1. The van der Waals surface area contributed by atoms with Gasteiger partial charge in [-0.15, -0.1) is 0 Å². The van der Waals surface area contributed by atoms with Crippen LogP contribution >= 0.6 is 11.6 Å². The highest BCUT2D eigenvalue weighted by Crippen LogP contribution is 2.28. The first-order chi connectivity index (χ1) is 11.0. The van der Waals surface area contributed by atoms with Crippen LogP contribution < -0.4 is 5.32 Å². The topological polar surface area (TPSA) is 44.8 Å². The SMILES string of the molecule is CN(C)[C@@H](C(=O)NCCN1CCOCC1)c1c(F)cccc1Cl. The highest BCUT2D eigenvalue weighted by molar-refractivity contribution is 6.31. The molecule has 1 fully saturated rings. The van der Waals surface area contributed by atoms with Gasteiger partial charge in [0.2, 0.25) is 5.91 Å². The van der Waals surface area contributed by atoms with Gasteiger partial charge in [-0.1, -0.05) is 17.7 Å². The van der Waals surface area contributed by atoms with Crippen LogP contribution in [-0.2, 0) is 9.53 Å². The molecule has 0 spiro atoms. The summed E-state index contributed by atoms with van der Waals surface area (Å²) in [5.74, 6) is -0.727. The summed E-state index contributed by atoms with van der Waals surface area (Å²) >= 11 is 6.10. The van der Waals surface area contributed by atoms with E-state index in [2.05, 4.69) is 10.2 Å². The van der Waals surface area contributed by atoms with Gasteiger partial charge in [-0.05, 0) is 26.2 Å². The summed E-state index contributed by atoms with van der Waals surface area (Å²) in [4.78, 5) is 16.4. The van der Waals surface area contributed by atoms with Gasteiger partial charge >= 0.3 is 0 Å². The van der Waals surface area contributed by atoms with Crippen molar-refractivity contribution in [2.24, 2.45) is 0 Å². The monoisotopic (exact) mass is 343 g/mol. The Kier molecular flexibility index (Phi) is 6.77. The largest absolute Gasteiger partial charge is 0.379 e. The minimum Gasteiger partial charge on any atom is -0.379 e. The van der Waals surface area contributed by atoms with Gasteiger partial charge in [-0.25, -0.2) is 4.39 Å². The zero-order valence-corrected chi connectivity index (χ0v) is 14.3. The summed E-state index contributed by atoms with van der Waals surface area (Å²) < 4.78 is 19.4. The second-order valence-electron chi connectivity index (χ2n) is 5.75. The number of hydrogen-bond donors (Lipinski definition) is 1. The molecule has 1 atom stereocenters. The molecule has 1 saturated heterocycles. The van der Waals surface area contributed by atoms with E-state index in [-0.39, 0.29) is 16.5 Å². The number of amides is 1. The van der Waals surface area contributed by atoms with Gasteiger partial charge in [-0.2, -0.15) is 0 Å². The number of morpholine rings is 1. The Morgan fingerprint density at radius 2 is 2.13 bits per heavy atom. The van der Waals surface area contributed by atoms with Gasteiger partial charge in [0.05, 0.1) is 13.2 Å². The fourth-order valence-corrected chi connectivity index (χ4v) is 2.92. The fraction of sp³-hybridized carbons (Fsp3) is 0.562. The number of halogens is 2. The second kappa shape index (κ2) is 8.59. The summed E-state index contributed by atoms with van der Waals surface area (Å²) in [6, 6.07) is 3.69. The third kappa shape index (κ3) is 4.88. The molecular weight excluding hydrogens is 321 g/mol. The quantitative estimate of drug-likeness (QED) is 0.851. The molecule has 1 N–H and O–H groups in total. The molecule has 1 aliphatic rings. The molecule has 0 saturated carbocycles. The maximum Gasteiger partial charge on any atom is 0.242 e. The lowest BCUT2D eigenvalue weighted by Gasteiger charge is -2.28. The van der Waals surface area contributed by atoms with Crippen molar-refractivity contribution in [3.63, 3.8) is 0 Å². The first-order valence-electron chi connectivity index (χ1n) is 7.69. The molecule has 2 rings (SSSR count). The van der Waals surface area contributed by atoms with Crippen LogP contribution in [0.25, 0.3) is 0 Å². The number of rotatable bonds is 6. The van der Waals surface area contributed by atoms with Crippen LogP contribution in [0.2, 0.25) is 5.02 Å². The molecule has 128 valence electrons. The van der Waals surface area contributed by atoms with Crippen LogP contribution in [0.5, 0.6) is 0 Å². The minimum absolute atomic E-state index is 0.211. The molecule has 0 radical (unpaired) electrons. The number of likely N-dealkylation sites (N-methyl/N-ethyl adjacent to an activating group) is 1. The van der Waals surface area contributed by atoms with Crippen molar-refractivity contribution in [2.45, 2.75) is 6.04 Å². The van der Waals surface area contributed by atoms with Gasteiger partial charge in [0, 0.05) is 36.8 Å². The molecule has 0 aromatic heterocycles. The molecule has 1 aromatic carbocycles. The van der Waals surface area contributed by atoms with E-state index in [0.717, 1.165) is 32.8 Å². The number of carbonyl (C=O) groups excluding carboxylic acids is 1. The summed E-state index contributed by atoms with van der Waals surface area (Å²) in [5.41, 5.74) is 0.211. The molecule has 1 aliphatic heterocycles. The number of benzene rings is 1. The van der Waals surface area contributed by atoms with E-state index in [1.54, 1.807) is 25.1 Å². The van der Waals surface area contributed by atoms with E-state index < -0.39 is 11.9 Å². The van der Waals surface area contributed by atoms with E-state index in [0.29, 0.717) is 6.54 Å². The molecule has 0 unspecified atom stereocenters. The van der Waals surface area contributed by atoms with Crippen molar-refractivity contribution in [1.82, 2.24) is 15.1 Å². The number of hydrogen-bond acceptors (Lipinski definition) is 4. The molecule has 23 heavy (non-hydrogen) atoms. The third-order valence-corrected chi connectivity index (χ3v) is 4.20. The smallest absolute Gasteiger partial charge is 0.242 e. The lowest BCUT2D eigenvalue weighted by atomic mass is 10.0. The zero-order chi connectivity index (χ0) is 16.8. The van der Waals surface area contributed by atoms with Gasteiger partial charge in [-0.3, -0.25) is 14.6 Å². The van der Waals surface area contributed by atoms with E-state index in [9.17, 15) is 9.18 Å². The van der Waals surface area contributed by atoms with Crippen molar-refractivity contribution < 1.29 is 13.9 Å². The van der Waals surface area contributed by atoms with E-state index in [4.69, 9.17) is 16.3 Å². The molecule has 7 heteroatoms. The van der Waals surface area contributed by atoms with Crippen LogP contribution in [-0.4, -0.2) is 69.2 Å².